The van der Waals surface area contributed by atoms with Gasteiger partial charge < -0.3 is 10.6 Å². The second-order valence-corrected chi connectivity index (χ2v) is 10.2. The van der Waals surface area contributed by atoms with Crippen LogP contribution in [-0.2, 0) is 6.18 Å². The van der Waals surface area contributed by atoms with Crippen molar-refractivity contribution in [3.05, 3.63) is 41.0 Å². The van der Waals surface area contributed by atoms with E-state index in [1.807, 2.05) is 0 Å². The number of hydrogen-bond acceptors (Lipinski definition) is 5. The number of amides is 1. The van der Waals surface area contributed by atoms with Crippen molar-refractivity contribution in [1.29, 1.82) is 0 Å². The van der Waals surface area contributed by atoms with Crippen molar-refractivity contribution in [1.82, 2.24) is 25.2 Å². The molecule has 31 heavy (non-hydrogen) atoms. The van der Waals surface area contributed by atoms with Gasteiger partial charge in [0.2, 0.25) is 0 Å². The Morgan fingerprint density at radius 3 is 2.48 bits per heavy atom. The fourth-order valence-corrected chi connectivity index (χ4v) is 5.21. The van der Waals surface area contributed by atoms with E-state index in [0.29, 0.717) is 22.2 Å². The maximum absolute atomic E-state index is 13.7. The Kier molecular flexibility index (Phi) is 5.13. The molecule has 1 aliphatic rings. The summed E-state index contributed by atoms with van der Waals surface area (Å²) in [5.74, 6) is -0.505. The number of carbonyl (C=O) groups excluding carboxylic acids is 1. The highest BCUT2D eigenvalue weighted by Crippen LogP contribution is 2.33. The maximum Gasteiger partial charge on any atom is 0.433 e. The minimum absolute atomic E-state index is 0.0191. The molecule has 1 saturated heterocycles. The molecule has 4 heterocycles. The Bertz CT molecular complexity index is 1100. The van der Waals surface area contributed by atoms with Crippen LogP contribution in [0.2, 0.25) is 0 Å². The van der Waals surface area contributed by atoms with Crippen molar-refractivity contribution in [3.63, 3.8) is 0 Å². The Morgan fingerprint density at radius 2 is 1.90 bits per heavy atom. The van der Waals surface area contributed by atoms with Crippen LogP contribution in [0.3, 0.4) is 0 Å². The van der Waals surface area contributed by atoms with Gasteiger partial charge >= 0.3 is 6.18 Å². The molecule has 0 aliphatic carbocycles. The molecule has 10 heteroatoms. The van der Waals surface area contributed by atoms with Gasteiger partial charge in [-0.15, -0.1) is 11.3 Å². The van der Waals surface area contributed by atoms with Crippen molar-refractivity contribution in [2.75, 3.05) is 0 Å². The Morgan fingerprint density at radius 1 is 1.23 bits per heavy atom. The van der Waals surface area contributed by atoms with E-state index in [9.17, 15) is 18.0 Å². The molecule has 2 N–H and O–H groups in total. The zero-order valence-corrected chi connectivity index (χ0v) is 18.5. The number of piperidine rings is 1. The molecule has 1 aliphatic heterocycles. The van der Waals surface area contributed by atoms with Gasteiger partial charge in [-0.05, 0) is 58.0 Å². The van der Waals surface area contributed by atoms with Crippen LogP contribution in [0, 0.1) is 0 Å². The fourth-order valence-electron chi connectivity index (χ4n) is 4.52. The molecular formula is C21H24F3N5OS. The number of rotatable bonds is 3. The number of nitrogens with zero attached hydrogens (tertiary/aromatic N) is 3. The van der Waals surface area contributed by atoms with E-state index in [0.717, 1.165) is 6.07 Å². The monoisotopic (exact) mass is 451 g/mol. The molecule has 3 aromatic rings. The molecule has 1 fully saturated rings. The molecule has 4 rings (SSSR count). The van der Waals surface area contributed by atoms with Crippen LogP contribution in [0.5, 0.6) is 0 Å². The topological polar surface area (TPSA) is 71.3 Å². The van der Waals surface area contributed by atoms with Gasteiger partial charge in [0.15, 0.2) is 17.0 Å². The molecule has 0 saturated carbocycles. The molecule has 166 valence electrons. The third kappa shape index (κ3) is 4.59. The summed E-state index contributed by atoms with van der Waals surface area (Å²) >= 11 is 1.30. The Hall–Kier alpha value is -2.46. The zero-order valence-electron chi connectivity index (χ0n) is 17.7. The second kappa shape index (κ2) is 7.30. The maximum atomic E-state index is 13.7. The summed E-state index contributed by atoms with van der Waals surface area (Å²) in [5, 5.41) is 12.2. The van der Waals surface area contributed by atoms with E-state index >= 15 is 0 Å². The summed E-state index contributed by atoms with van der Waals surface area (Å²) in [7, 11) is 0. The number of carbonyl (C=O) groups is 1. The average molecular weight is 452 g/mol. The van der Waals surface area contributed by atoms with Crippen molar-refractivity contribution in [2.45, 2.75) is 63.8 Å². The summed E-state index contributed by atoms with van der Waals surface area (Å²) in [6.45, 7) is 8.24. The lowest BCUT2D eigenvalue weighted by molar-refractivity contribution is -0.142. The fraction of sp³-hybridized carbons (Fsp3) is 0.476. The molecule has 0 radical (unpaired) electrons. The number of hydrogen-bond donors (Lipinski definition) is 2. The lowest BCUT2D eigenvalue weighted by Gasteiger charge is -2.46. The lowest BCUT2D eigenvalue weighted by atomic mass is 9.79. The SMILES string of the molecule is CC1(C)CC(NC(=O)c2cc3nc(-c4cccs4)cc(C(F)(F)F)n3n2)CC(C)(C)N1. The van der Waals surface area contributed by atoms with E-state index < -0.39 is 17.8 Å². The van der Waals surface area contributed by atoms with Crippen LogP contribution >= 0.6 is 11.3 Å². The van der Waals surface area contributed by atoms with E-state index in [-0.39, 0.29) is 34.2 Å². The highest BCUT2D eigenvalue weighted by atomic mass is 32.1. The van der Waals surface area contributed by atoms with Gasteiger partial charge in [0.1, 0.15) is 0 Å². The minimum atomic E-state index is -4.64. The summed E-state index contributed by atoms with van der Waals surface area (Å²) < 4.78 is 41.8. The third-order valence-corrected chi connectivity index (χ3v) is 6.14. The van der Waals surface area contributed by atoms with Crippen molar-refractivity contribution >= 4 is 22.9 Å². The van der Waals surface area contributed by atoms with Crippen LogP contribution in [0.4, 0.5) is 13.2 Å². The number of halogens is 3. The van der Waals surface area contributed by atoms with Gasteiger partial charge in [-0.1, -0.05) is 6.07 Å². The van der Waals surface area contributed by atoms with E-state index in [1.165, 1.54) is 17.4 Å². The number of fused-ring (bicyclic) bond motifs is 1. The van der Waals surface area contributed by atoms with E-state index in [1.54, 1.807) is 17.5 Å². The van der Waals surface area contributed by atoms with Gasteiger partial charge in [0.05, 0.1) is 10.6 Å². The predicted octanol–water partition coefficient (Wildman–Crippen LogP) is 4.52. The molecule has 3 aromatic heterocycles. The summed E-state index contributed by atoms with van der Waals surface area (Å²) in [6.07, 6.45) is -3.25. The Balaban J connectivity index is 1.68. The van der Waals surface area contributed by atoms with Gasteiger partial charge in [0, 0.05) is 23.2 Å². The number of aromatic nitrogens is 3. The molecule has 6 nitrogen and oxygen atoms in total. The number of thiophene rings is 1. The first kappa shape index (κ1) is 21.8. The Labute approximate surface area is 181 Å². The van der Waals surface area contributed by atoms with Gasteiger partial charge in [-0.3, -0.25) is 4.79 Å². The molecule has 0 unspecified atom stereocenters. The van der Waals surface area contributed by atoms with Crippen molar-refractivity contribution < 1.29 is 18.0 Å². The van der Waals surface area contributed by atoms with Crippen LogP contribution < -0.4 is 10.6 Å². The van der Waals surface area contributed by atoms with Crippen molar-refractivity contribution in [3.8, 4) is 10.6 Å². The first-order valence-electron chi connectivity index (χ1n) is 9.95. The summed E-state index contributed by atoms with van der Waals surface area (Å²) in [6, 6.07) is 5.59. The third-order valence-electron chi connectivity index (χ3n) is 5.25. The van der Waals surface area contributed by atoms with E-state index in [4.69, 9.17) is 0 Å². The molecule has 1 amide bonds. The average Bonchev–Trinajstić information content (AvgIpc) is 3.26. The molecule has 0 aromatic carbocycles. The zero-order chi connectivity index (χ0) is 22.6. The molecule has 0 atom stereocenters. The molecular weight excluding hydrogens is 427 g/mol. The van der Waals surface area contributed by atoms with Crippen LogP contribution in [0.15, 0.2) is 29.6 Å². The molecule has 0 spiro atoms. The standard InChI is InChI=1S/C21H24F3N5OS/c1-19(2)10-12(11-20(3,4)28-19)25-18(30)14-9-17-26-13(15-6-5-7-31-15)8-16(21(22,23)24)29(17)27-14/h5-9,12,28H,10-11H2,1-4H3,(H,25,30). The van der Waals surface area contributed by atoms with Crippen molar-refractivity contribution in [2.24, 2.45) is 0 Å². The van der Waals surface area contributed by atoms with Gasteiger partial charge in [-0.2, -0.15) is 18.3 Å². The van der Waals surface area contributed by atoms with Crippen LogP contribution in [-0.4, -0.2) is 37.6 Å². The minimum Gasteiger partial charge on any atom is -0.348 e. The highest BCUT2D eigenvalue weighted by Gasteiger charge is 2.39. The first-order valence-corrected chi connectivity index (χ1v) is 10.8. The summed E-state index contributed by atoms with van der Waals surface area (Å²) in [4.78, 5) is 17.8. The number of nitrogens with one attached hydrogen (secondary N) is 2. The molecule has 0 bridgehead atoms. The van der Waals surface area contributed by atoms with Crippen LogP contribution in [0.25, 0.3) is 16.2 Å². The highest BCUT2D eigenvalue weighted by molar-refractivity contribution is 7.13. The van der Waals surface area contributed by atoms with E-state index in [2.05, 4.69) is 48.4 Å². The summed E-state index contributed by atoms with van der Waals surface area (Å²) in [5.41, 5.74) is -1.24. The lowest BCUT2D eigenvalue weighted by Crippen LogP contribution is -2.62. The largest absolute Gasteiger partial charge is 0.433 e. The predicted molar refractivity (Wildman–Crippen MR) is 113 cm³/mol. The smallest absolute Gasteiger partial charge is 0.348 e. The van der Waals surface area contributed by atoms with Gasteiger partial charge in [-0.25, -0.2) is 9.50 Å². The first-order chi connectivity index (χ1) is 14.3. The van der Waals surface area contributed by atoms with Crippen LogP contribution in [0.1, 0.15) is 56.7 Å². The number of alkyl halides is 3. The van der Waals surface area contributed by atoms with Gasteiger partial charge in [0.25, 0.3) is 5.91 Å². The normalized spacial score (nSPS) is 18.9. The second-order valence-electron chi connectivity index (χ2n) is 9.27. The quantitative estimate of drug-likeness (QED) is 0.615.